The number of halogens is 4. The highest BCUT2D eigenvalue weighted by Crippen LogP contribution is 2.42. The van der Waals surface area contributed by atoms with E-state index in [4.69, 9.17) is 9.47 Å². The first-order valence-corrected chi connectivity index (χ1v) is 18.2. The van der Waals surface area contributed by atoms with Crippen LogP contribution in [0.25, 0.3) is 0 Å². The molecular weight excluding hydrogens is 928 g/mol. The fourth-order valence-electron chi connectivity index (χ4n) is 4.98. The van der Waals surface area contributed by atoms with E-state index in [1.165, 1.54) is 12.1 Å². The summed E-state index contributed by atoms with van der Waals surface area (Å²) in [4.78, 5) is 25.9. The van der Waals surface area contributed by atoms with Crippen molar-refractivity contribution in [3.05, 3.63) is 101 Å². The third kappa shape index (κ3) is 9.39. The van der Waals surface area contributed by atoms with Gasteiger partial charge in [-0.25, -0.2) is 0 Å². The molecule has 0 spiro atoms. The molecule has 8 bridgehead atoms. The number of ether oxygens (including phenoxy) is 2. The molecule has 8 rings (SSSR count). The lowest BCUT2D eigenvalue weighted by Gasteiger charge is -2.16. The van der Waals surface area contributed by atoms with Gasteiger partial charge in [-0.15, -0.1) is 0 Å². The van der Waals surface area contributed by atoms with Gasteiger partial charge in [0, 0.05) is 25.9 Å². The van der Waals surface area contributed by atoms with E-state index >= 15 is 0 Å². The van der Waals surface area contributed by atoms with Crippen LogP contribution < -0.4 is 20.1 Å². The lowest BCUT2D eigenvalue weighted by atomic mass is 10.1. The van der Waals surface area contributed by atoms with E-state index in [0.717, 1.165) is 0 Å². The second kappa shape index (κ2) is 16.9. The maximum atomic E-state index is 13.0. The highest BCUT2D eigenvalue weighted by molar-refractivity contribution is 9.11. The van der Waals surface area contributed by atoms with Crippen LogP contribution in [0.4, 0.5) is 0 Å². The molecule has 266 valence electrons. The van der Waals surface area contributed by atoms with Crippen molar-refractivity contribution >= 4 is 87.0 Å². The zero-order valence-corrected chi connectivity index (χ0v) is 32.5. The molecule has 2 amide bonds. The number of nitrogens with zero attached hydrogens (tertiary/aromatic N) is 2. The van der Waals surface area contributed by atoms with Gasteiger partial charge in [-0.3, -0.25) is 9.59 Å². The number of rotatable bonds is 0. The Hall–Kier alpha value is -4.16. The Morgan fingerprint density at radius 1 is 0.627 bits per heavy atom. The highest BCUT2D eigenvalue weighted by Gasteiger charge is 2.21. The summed E-state index contributed by atoms with van der Waals surface area (Å²) in [5.74, 6) is -0.953. The van der Waals surface area contributed by atoms with Crippen LogP contribution in [0.2, 0.25) is 0 Å². The Morgan fingerprint density at radius 2 is 1.14 bits per heavy atom. The number of nitrogens with one attached hydrogen (secondary N) is 2. The van der Waals surface area contributed by atoms with Crippen LogP contribution in [0.1, 0.15) is 28.4 Å². The van der Waals surface area contributed by atoms with Crippen molar-refractivity contribution in [1.82, 2.24) is 10.6 Å². The molecule has 4 aliphatic heterocycles. The van der Waals surface area contributed by atoms with Crippen LogP contribution in [0.5, 0.6) is 34.5 Å². The van der Waals surface area contributed by atoms with Gasteiger partial charge in [0.2, 0.25) is 0 Å². The molecule has 0 unspecified atom stereocenters. The molecule has 17 heteroatoms. The number of carbonyl (C=O) groups excluding carboxylic acids is 2. The first-order valence-electron chi connectivity index (χ1n) is 15.0. The topological polar surface area (TPSA) is 203 Å². The van der Waals surface area contributed by atoms with Gasteiger partial charge in [-0.2, -0.15) is 0 Å². The number of hydrogen-bond donors (Lipinski definition) is 7. The number of oxime groups is 2. The van der Waals surface area contributed by atoms with Gasteiger partial charge < -0.3 is 45.8 Å². The van der Waals surface area contributed by atoms with E-state index in [1.807, 2.05) is 0 Å². The summed E-state index contributed by atoms with van der Waals surface area (Å²) in [6.45, 7) is -0.0539. The maximum Gasteiger partial charge on any atom is 0.269 e. The Balaban J connectivity index is 1.47. The Bertz CT molecular complexity index is 2060. The number of hydrogen-bond acceptors (Lipinski definition) is 11. The second-order valence-corrected chi connectivity index (χ2v) is 14.6. The largest absolute Gasteiger partial charge is 0.503 e. The molecule has 0 radical (unpaired) electrons. The number of aromatic hydroxyl groups is 2. The van der Waals surface area contributed by atoms with Gasteiger partial charge in [0.15, 0.2) is 23.0 Å². The predicted octanol–water partition coefficient (Wildman–Crippen LogP) is 7.00. The first kappa shape index (κ1) is 38.1. The van der Waals surface area contributed by atoms with Crippen molar-refractivity contribution in [1.29, 1.82) is 0 Å². The smallest absolute Gasteiger partial charge is 0.269 e. The summed E-state index contributed by atoms with van der Waals surface area (Å²) in [5, 5.41) is 63.2. The van der Waals surface area contributed by atoms with Crippen LogP contribution >= 0.6 is 63.7 Å². The van der Waals surface area contributed by atoms with E-state index in [9.17, 15) is 35.3 Å². The summed E-state index contributed by atoms with van der Waals surface area (Å²) in [7, 11) is 0. The summed E-state index contributed by atoms with van der Waals surface area (Å²) in [6, 6.07) is 16.0. The minimum Gasteiger partial charge on any atom is -0.503 e. The molecule has 0 saturated heterocycles. The number of amides is 2. The Labute approximate surface area is 324 Å². The van der Waals surface area contributed by atoms with Gasteiger partial charge in [-0.05, 0) is 141 Å². The lowest BCUT2D eigenvalue weighted by molar-refractivity contribution is -0.116. The quantitative estimate of drug-likeness (QED) is 0.0716. The molecule has 4 heterocycles. The third-order valence-corrected chi connectivity index (χ3v) is 10.1. The van der Waals surface area contributed by atoms with Crippen LogP contribution in [0.15, 0.2) is 88.9 Å². The molecule has 1 atom stereocenters. The molecule has 4 aromatic rings. The molecular formula is C34H28Br4N4O9. The van der Waals surface area contributed by atoms with Crippen molar-refractivity contribution in [3.8, 4) is 34.5 Å². The van der Waals surface area contributed by atoms with Gasteiger partial charge in [0.25, 0.3) is 11.8 Å². The van der Waals surface area contributed by atoms with Crippen LogP contribution in [-0.4, -0.2) is 62.1 Å². The number of aliphatic hydroxyl groups excluding tert-OH is 1. The molecule has 4 aliphatic rings. The van der Waals surface area contributed by atoms with Gasteiger partial charge >= 0.3 is 0 Å². The summed E-state index contributed by atoms with van der Waals surface area (Å²) in [6.07, 6.45) is -1.01. The van der Waals surface area contributed by atoms with E-state index in [1.54, 1.807) is 48.5 Å². The molecule has 4 aromatic carbocycles. The molecule has 0 saturated carbocycles. The van der Waals surface area contributed by atoms with E-state index in [-0.39, 0.29) is 64.8 Å². The summed E-state index contributed by atoms with van der Waals surface area (Å²) < 4.78 is 13.5. The number of aliphatic hydroxyl groups is 1. The molecule has 51 heavy (non-hydrogen) atoms. The number of phenolic OH excluding ortho intramolecular Hbond substituents is 2. The number of benzene rings is 4. The zero-order valence-electron chi connectivity index (χ0n) is 26.2. The second-order valence-electron chi connectivity index (χ2n) is 11.2. The number of carbonyl (C=O) groups is 2. The maximum absolute atomic E-state index is 13.0. The minimum atomic E-state index is -1.16. The van der Waals surface area contributed by atoms with Crippen LogP contribution in [0, 0.1) is 0 Å². The predicted molar refractivity (Wildman–Crippen MR) is 201 cm³/mol. The Morgan fingerprint density at radius 3 is 1.73 bits per heavy atom. The average Bonchev–Trinajstić information content (AvgIpc) is 3.10. The van der Waals surface area contributed by atoms with E-state index < -0.39 is 17.9 Å². The van der Waals surface area contributed by atoms with Gasteiger partial charge in [0.1, 0.15) is 22.9 Å². The van der Waals surface area contributed by atoms with E-state index in [2.05, 4.69) is 84.7 Å². The van der Waals surface area contributed by atoms with Gasteiger partial charge in [0.05, 0.1) is 24.0 Å². The molecule has 13 nitrogen and oxygen atoms in total. The normalized spacial score (nSPS) is 17.6. The summed E-state index contributed by atoms with van der Waals surface area (Å²) >= 11 is 13.5. The standard InChI is InChI=1S/C34H28Br4N4O9/c35-20-7-16-1-3-27(20)50-30-13-18(9-23(38)32(30)45)11-25(42-49)34(47)40-15-26(43)19-2-4-28(21(36)14-19)51-29-12-17(8-22(37)31(29)44)5-6-39-33(46)24(10-16)41-48/h1-4,7-9,12-14,26,43-45,48-49H,5-6,10-11,15H2,(H,39,46)(H,40,47)/t26-/m1/s1. The Kier molecular flexibility index (Phi) is 12.6. The van der Waals surface area contributed by atoms with Crippen molar-refractivity contribution in [3.63, 3.8) is 0 Å². The SMILES string of the molecule is O=C1NCCc2cc(Br)c(O)c(c2)Oc2ccc(cc2Br)[C@H](O)CNC(=O)C(=NO)Cc2cc(Br)c(O)c(c2)Oc2ccc(cc2Br)CC1=NO. The number of phenols is 2. The zero-order chi connectivity index (χ0) is 36.8. The highest BCUT2D eigenvalue weighted by atomic mass is 79.9. The van der Waals surface area contributed by atoms with Crippen molar-refractivity contribution in [2.45, 2.75) is 25.4 Å². The van der Waals surface area contributed by atoms with Crippen LogP contribution in [0.3, 0.4) is 0 Å². The average molecular weight is 956 g/mol. The van der Waals surface area contributed by atoms with Crippen molar-refractivity contribution < 1.29 is 44.8 Å². The fraction of sp³-hybridized carbons (Fsp3) is 0.176. The lowest BCUT2D eigenvalue weighted by Crippen LogP contribution is -2.35. The third-order valence-electron chi connectivity index (χ3n) is 7.62. The molecule has 0 aromatic heterocycles. The van der Waals surface area contributed by atoms with Crippen LogP contribution in [-0.2, 0) is 28.9 Å². The first-order chi connectivity index (χ1) is 24.4. The van der Waals surface area contributed by atoms with Gasteiger partial charge in [-0.1, -0.05) is 22.4 Å². The van der Waals surface area contributed by atoms with E-state index in [0.29, 0.717) is 53.6 Å². The van der Waals surface area contributed by atoms with Crippen molar-refractivity contribution in [2.75, 3.05) is 13.1 Å². The monoisotopic (exact) mass is 952 g/mol. The molecule has 7 N–H and O–H groups in total. The summed E-state index contributed by atoms with van der Waals surface area (Å²) in [5.41, 5.74) is 1.77. The molecule has 0 fully saturated rings. The minimum absolute atomic E-state index is 0.0216. The fourth-order valence-corrected chi connectivity index (χ4v) is 6.94. The van der Waals surface area contributed by atoms with Crippen molar-refractivity contribution in [2.24, 2.45) is 10.3 Å². The molecule has 0 aliphatic carbocycles.